The second-order valence-corrected chi connectivity index (χ2v) is 7.48. The zero-order chi connectivity index (χ0) is 18.8. The third-order valence-electron chi connectivity index (χ3n) is 4.79. The summed E-state index contributed by atoms with van der Waals surface area (Å²) in [4.78, 5) is 0. The molecule has 0 bridgehead atoms. The van der Waals surface area contributed by atoms with Crippen LogP contribution in [0, 0.1) is 13.8 Å². The maximum atomic E-state index is 6.26. The van der Waals surface area contributed by atoms with Gasteiger partial charge in [-0.3, -0.25) is 0 Å². The van der Waals surface area contributed by atoms with Gasteiger partial charge in [0, 0.05) is 5.02 Å². The molecule has 0 radical (unpaired) electrons. The number of rotatable bonds is 3. The molecule has 0 saturated carbocycles. The second-order valence-electron chi connectivity index (χ2n) is 7.05. The highest BCUT2D eigenvalue weighted by molar-refractivity contribution is 6.31. The Bertz CT molecular complexity index is 1090. The smallest absolute Gasteiger partial charge is 0.0414 e. The van der Waals surface area contributed by atoms with Crippen LogP contribution in [0.2, 0.25) is 5.02 Å². The molecule has 4 rings (SSSR count). The van der Waals surface area contributed by atoms with Crippen molar-refractivity contribution in [1.29, 1.82) is 0 Å². The van der Waals surface area contributed by atoms with Gasteiger partial charge in [-0.15, -0.1) is 0 Å². The fourth-order valence-electron chi connectivity index (χ4n) is 3.48. The van der Waals surface area contributed by atoms with Crippen LogP contribution in [0.4, 0.5) is 0 Å². The normalized spacial score (nSPS) is 10.8. The number of halogens is 1. The van der Waals surface area contributed by atoms with Crippen LogP contribution in [0.3, 0.4) is 0 Å². The van der Waals surface area contributed by atoms with Gasteiger partial charge >= 0.3 is 0 Å². The molecule has 0 saturated heterocycles. The van der Waals surface area contributed by atoms with Crippen LogP contribution >= 0.6 is 11.6 Å². The Hall–Kier alpha value is -2.83. The van der Waals surface area contributed by atoms with Gasteiger partial charge in [0.2, 0.25) is 0 Å². The standard InChI is InChI=1S/C26H21Cl/c1-18-6-3-7-20(12-18)21-8-4-9-22(15-21)23-10-5-11-24(16-23)25-13-19(2)14-26(27)17-25/h3-17H,1-2H3. The number of hydrogen-bond donors (Lipinski definition) is 0. The zero-order valence-electron chi connectivity index (χ0n) is 15.5. The molecule has 0 aromatic heterocycles. The number of benzene rings is 4. The maximum absolute atomic E-state index is 6.26. The second kappa shape index (κ2) is 7.42. The van der Waals surface area contributed by atoms with Gasteiger partial charge < -0.3 is 0 Å². The van der Waals surface area contributed by atoms with E-state index in [-0.39, 0.29) is 0 Å². The van der Waals surface area contributed by atoms with Crippen molar-refractivity contribution in [3.63, 3.8) is 0 Å². The molecule has 1 heteroatoms. The van der Waals surface area contributed by atoms with E-state index in [2.05, 4.69) is 92.7 Å². The molecule has 132 valence electrons. The van der Waals surface area contributed by atoms with Crippen molar-refractivity contribution in [2.75, 3.05) is 0 Å². The summed E-state index contributed by atoms with van der Waals surface area (Å²) in [6.45, 7) is 4.20. The first-order valence-electron chi connectivity index (χ1n) is 9.14. The Balaban J connectivity index is 1.75. The van der Waals surface area contributed by atoms with Crippen molar-refractivity contribution < 1.29 is 0 Å². The Morgan fingerprint density at radius 1 is 0.444 bits per heavy atom. The predicted octanol–water partition coefficient (Wildman–Crippen LogP) is 7.96. The summed E-state index contributed by atoms with van der Waals surface area (Å²) in [5.41, 5.74) is 9.68. The largest absolute Gasteiger partial charge is 0.0843 e. The van der Waals surface area contributed by atoms with E-state index in [1.807, 2.05) is 12.1 Å². The summed E-state index contributed by atoms with van der Waals surface area (Å²) >= 11 is 6.26. The summed E-state index contributed by atoms with van der Waals surface area (Å²) in [7, 11) is 0. The van der Waals surface area contributed by atoms with Crippen LogP contribution in [0.15, 0.2) is 91.0 Å². The van der Waals surface area contributed by atoms with Gasteiger partial charge in [-0.2, -0.15) is 0 Å². The first kappa shape index (κ1) is 17.6. The van der Waals surface area contributed by atoms with Crippen molar-refractivity contribution in [3.8, 4) is 33.4 Å². The van der Waals surface area contributed by atoms with Gasteiger partial charge in [0.05, 0.1) is 0 Å². The molecule has 0 spiro atoms. The summed E-state index contributed by atoms with van der Waals surface area (Å²) in [6.07, 6.45) is 0. The number of aryl methyl sites for hydroxylation is 2. The lowest BCUT2D eigenvalue weighted by Crippen LogP contribution is -1.85. The monoisotopic (exact) mass is 368 g/mol. The molecule has 0 unspecified atom stereocenters. The lowest BCUT2D eigenvalue weighted by atomic mass is 9.95. The number of hydrogen-bond acceptors (Lipinski definition) is 0. The summed E-state index contributed by atoms with van der Waals surface area (Å²) in [5.74, 6) is 0. The summed E-state index contributed by atoms with van der Waals surface area (Å²) in [5, 5.41) is 0.775. The van der Waals surface area contributed by atoms with Gasteiger partial charge in [0.15, 0.2) is 0 Å². The lowest BCUT2D eigenvalue weighted by Gasteiger charge is -2.10. The van der Waals surface area contributed by atoms with E-state index in [4.69, 9.17) is 11.6 Å². The Labute approximate surface area is 166 Å². The summed E-state index contributed by atoms with van der Waals surface area (Å²) < 4.78 is 0. The Kier molecular flexibility index (Phi) is 4.83. The average Bonchev–Trinajstić information content (AvgIpc) is 2.67. The average molecular weight is 369 g/mol. The van der Waals surface area contributed by atoms with E-state index in [1.165, 1.54) is 38.9 Å². The highest BCUT2D eigenvalue weighted by atomic mass is 35.5. The van der Waals surface area contributed by atoms with Gasteiger partial charge in [0.25, 0.3) is 0 Å². The molecule has 0 atom stereocenters. The van der Waals surface area contributed by atoms with Crippen molar-refractivity contribution in [3.05, 3.63) is 107 Å². The fourth-order valence-corrected chi connectivity index (χ4v) is 3.77. The first-order chi connectivity index (χ1) is 13.1. The minimum Gasteiger partial charge on any atom is -0.0843 e. The van der Waals surface area contributed by atoms with Gasteiger partial charge in [-0.05, 0) is 77.1 Å². The van der Waals surface area contributed by atoms with Crippen LogP contribution in [0.25, 0.3) is 33.4 Å². The van der Waals surface area contributed by atoms with Crippen molar-refractivity contribution in [2.45, 2.75) is 13.8 Å². The molecular weight excluding hydrogens is 348 g/mol. The van der Waals surface area contributed by atoms with Crippen molar-refractivity contribution in [2.24, 2.45) is 0 Å². The molecule has 0 aliphatic rings. The molecule has 0 fully saturated rings. The molecule has 0 amide bonds. The third-order valence-corrected chi connectivity index (χ3v) is 5.00. The van der Waals surface area contributed by atoms with Gasteiger partial charge in [-0.1, -0.05) is 83.9 Å². The lowest BCUT2D eigenvalue weighted by molar-refractivity contribution is 1.46. The first-order valence-corrected chi connectivity index (χ1v) is 9.51. The molecule has 4 aromatic carbocycles. The van der Waals surface area contributed by atoms with E-state index >= 15 is 0 Å². The van der Waals surface area contributed by atoms with E-state index in [1.54, 1.807) is 0 Å². The zero-order valence-corrected chi connectivity index (χ0v) is 16.3. The molecule has 0 nitrogen and oxygen atoms in total. The molecule has 27 heavy (non-hydrogen) atoms. The van der Waals surface area contributed by atoms with E-state index in [9.17, 15) is 0 Å². The molecule has 4 aromatic rings. The quantitative estimate of drug-likeness (QED) is 0.344. The topological polar surface area (TPSA) is 0 Å². The van der Waals surface area contributed by atoms with Crippen LogP contribution in [0.1, 0.15) is 11.1 Å². The molecule has 0 N–H and O–H groups in total. The highest BCUT2D eigenvalue weighted by Gasteiger charge is 2.05. The predicted molar refractivity (Wildman–Crippen MR) is 117 cm³/mol. The SMILES string of the molecule is Cc1cccc(-c2cccc(-c3cccc(-c4cc(C)cc(Cl)c4)c3)c2)c1. The fraction of sp³-hybridized carbons (Fsp3) is 0.0769. The van der Waals surface area contributed by atoms with Crippen LogP contribution in [0.5, 0.6) is 0 Å². The minimum atomic E-state index is 0.775. The maximum Gasteiger partial charge on any atom is 0.0414 e. The van der Waals surface area contributed by atoms with E-state index in [0.717, 1.165) is 10.6 Å². The van der Waals surface area contributed by atoms with Gasteiger partial charge in [0.1, 0.15) is 0 Å². The molecule has 0 aliphatic heterocycles. The molecular formula is C26H21Cl. The molecule has 0 heterocycles. The van der Waals surface area contributed by atoms with Crippen LogP contribution in [-0.2, 0) is 0 Å². The van der Waals surface area contributed by atoms with Gasteiger partial charge in [-0.25, -0.2) is 0 Å². The van der Waals surface area contributed by atoms with Crippen LogP contribution in [-0.4, -0.2) is 0 Å². The minimum absolute atomic E-state index is 0.775. The Morgan fingerprint density at radius 2 is 0.889 bits per heavy atom. The van der Waals surface area contributed by atoms with Crippen molar-refractivity contribution >= 4 is 11.6 Å². The Morgan fingerprint density at radius 3 is 1.41 bits per heavy atom. The third kappa shape index (κ3) is 3.97. The van der Waals surface area contributed by atoms with Crippen molar-refractivity contribution in [1.82, 2.24) is 0 Å². The van der Waals surface area contributed by atoms with E-state index in [0.29, 0.717) is 0 Å². The summed E-state index contributed by atoms with van der Waals surface area (Å²) in [6, 6.07) is 32.2. The molecule has 0 aliphatic carbocycles. The highest BCUT2D eigenvalue weighted by Crippen LogP contribution is 2.31. The van der Waals surface area contributed by atoms with E-state index < -0.39 is 0 Å². The van der Waals surface area contributed by atoms with Crippen LogP contribution < -0.4 is 0 Å².